The van der Waals surface area contributed by atoms with E-state index >= 15 is 0 Å². The predicted molar refractivity (Wildman–Crippen MR) is 49.2 cm³/mol. The number of carbonyl (C=O) groups excluding carboxylic acids is 1. The summed E-state index contributed by atoms with van der Waals surface area (Å²) >= 11 is 5.74. The van der Waals surface area contributed by atoms with Gasteiger partial charge in [0.1, 0.15) is 0 Å². The van der Waals surface area contributed by atoms with Crippen LogP contribution in [0.3, 0.4) is 0 Å². The van der Waals surface area contributed by atoms with E-state index in [2.05, 4.69) is 13.8 Å². The SMILES string of the molecule is CC1(C)CC(=O)C=C(Cl)C1.Cl. The Morgan fingerprint density at radius 2 is 2.00 bits per heavy atom. The fourth-order valence-electron chi connectivity index (χ4n) is 1.27. The summed E-state index contributed by atoms with van der Waals surface area (Å²) in [5.41, 5.74) is 0.0723. The molecule has 0 aromatic heterocycles. The van der Waals surface area contributed by atoms with E-state index in [1.807, 2.05) is 0 Å². The van der Waals surface area contributed by atoms with E-state index in [1.54, 1.807) is 0 Å². The molecule has 3 heteroatoms. The van der Waals surface area contributed by atoms with E-state index in [0.717, 1.165) is 6.42 Å². The Bertz CT molecular complexity index is 194. The highest BCUT2D eigenvalue weighted by atomic mass is 35.5. The van der Waals surface area contributed by atoms with Crippen molar-refractivity contribution in [3.8, 4) is 0 Å². The van der Waals surface area contributed by atoms with Crippen molar-refractivity contribution in [3.63, 3.8) is 0 Å². The van der Waals surface area contributed by atoms with Gasteiger partial charge in [0.2, 0.25) is 0 Å². The first-order valence-corrected chi connectivity index (χ1v) is 3.76. The Morgan fingerprint density at radius 3 is 2.36 bits per heavy atom. The van der Waals surface area contributed by atoms with Crippen LogP contribution in [0.5, 0.6) is 0 Å². The number of allylic oxidation sites excluding steroid dienone is 2. The highest BCUT2D eigenvalue weighted by Crippen LogP contribution is 2.34. The molecule has 0 aliphatic heterocycles. The van der Waals surface area contributed by atoms with Crippen molar-refractivity contribution in [1.29, 1.82) is 0 Å². The van der Waals surface area contributed by atoms with Crippen LogP contribution in [0.15, 0.2) is 11.1 Å². The molecular formula is C8H12Cl2O. The van der Waals surface area contributed by atoms with Crippen molar-refractivity contribution < 1.29 is 4.79 Å². The third kappa shape index (κ3) is 3.26. The van der Waals surface area contributed by atoms with E-state index < -0.39 is 0 Å². The molecule has 0 aromatic carbocycles. The van der Waals surface area contributed by atoms with Crippen LogP contribution >= 0.6 is 24.0 Å². The van der Waals surface area contributed by atoms with Gasteiger partial charge in [-0.1, -0.05) is 25.4 Å². The summed E-state index contributed by atoms with van der Waals surface area (Å²) in [6.45, 7) is 4.11. The summed E-state index contributed by atoms with van der Waals surface area (Å²) in [6.07, 6.45) is 3.00. The molecule has 11 heavy (non-hydrogen) atoms. The first-order valence-electron chi connectivity index (χ1n) is 3.38. The number of ketones is 1. The molecule has 1 aliphatic carbocycles. The van der Waals surface area contributed by atoms with Crippen LogP contribution in [0.2, 0.25) is 0 Å². The third-order valence-corrected chi connectivity index (χ3v) is 1.86. The molecule has 0 spiro atoms. The Hall–Kier alpha value is -0.0100. The Labute approximate surface area is 78.2 Å². The minimum Gasteiger partial charge on any atom is -0.295 e. The summed E-state index contributed by atoms with van der Waals surface area (Å²) in [5, 5.41) is 0.696. The van der Waals surface area contributed by atoms with Gasteiger partial charge in [0.25, 0.3) is 0 Å². The fourth-order valence-corrected chi connectivity index (χ4v) is 1.75. The summed E-state index contributed by atoms with van der Waals surface area (Å²) in [4.78, 5) is 10.9. The summed E-state index contributed by atoms with van der Waals surface area (Å²) in [5.74, 6) is 0.154. The number of rotatable bonds is 0. The lowest BCUT2D eigenvalue weighted by atomic mass is 9.80. The molecule has 0 atom stereocenters. The zero-order valence-corrected chi connectivity index (χ0v) is 8.26. The second kappa shape index (κ2) is 3.59. The summed E-state index contributed by atoms with van der Waals surface area (Å²) < 4.78 is 0. The lowest BCUT2D eigenvalue weighted by Gasteiger charge is -2.25. The fraction of sp³-hybridized carbons (Fsp3) is 0.625. The second-order valence-electron chi connectivity index (χ2n) is 3.58. The average molecular weight is 195 g/mol. The molecule has 64 valence electrons. The summed E-state index contributed by atoms with van der Waals surface area (Å²) in [6, 6.07) is 0. The molecule has 1 nitrogen and oxygen atoms in total. The van der Waals surface area contributed by atoms with E-state index in [0.29, 0.717) is 11.5 Å². The van der Waals surface area contributed by atoms with Crippen LogP contribution in [0, 0.1) is 5.41 Å². The van der Waals surface area contributed by atoms with Crippen molar-refractivity contribution >= 4 is 29.8 Å². The minimum absolute atomic E-state index is 0. The molecule has 1 rings (SSSR count). The Kier molecular flexibility index (Phi) is 3.59. The molecule has 0 saturated carbocycles. The van der Waals surface area contributed by atoms with E-state index in [1.165, 1.54) is 6.08 Å². The lowest BCUT2D eigenvalue weighted by molar-refractivity contribution is -0.116. The predicted octanol–water partition coefficient (Wildman–Crippen LogP) is 2.92. The van der Waals surface area contributed by atoms with E-state index in [9.17, 15) is 4.79 Å². The molecule has 0 radical (unpaired) electrons. The van der Waals surface area contributed by atoms with Crippen LogP contribution in [-0.2, 0) is 4.79 Å². The Morgan fingerprint density at radius 1 is 1.45 bits per heavy atom. The van der Waals surface area contributed by atoms with Crippen molar-refractivity contribution in [2.24, 2.45) is 5.41 Å². The maximum Gasteiger partial charge on any atom is 0.157 e. The zero-order valence-electron chi connectivity index (χ0n) is 6.69. The van der Waals surface area contributed by atoms with Gasteiger partial charge in [0, 0.05) is 11.5 Å². The topological polar surface area (TPSA) is 17.1 Å². The maximum atomic E-state index is 10.9. The summed E-state index contributed by atoms with van der Waals surface area (Å²) in [7, 11) is 0. The van der Waals surface area contributed by atoms with Gasteiger partial charge >= 0.3 is 0 Å². The van der Waals surface area contributed by atoms with E-state index in [-0.39, 0.29) is 23.6 Å². The molecule has 0 saturated heterocycles. The minimum atomic E-state index is 0. The van der Waals surface area contributed by atoms with Gasteiger partial charge < -0.3 is 0 Å². The lowest BCUT2D eigenvalue weighted by Crippen LogP contribution is -2.20. The molecule has 0 unspecified atom stereocenters. The molecule has 1 aliphatic rings. The number of halogens is 2. The van der Waals surface area contributed by atoms with Crippen LogP contribution in [0.4, 0.5) is 0 Å². The maximum absolute atomic E-state index is 10.9. The zero-order chi connectivity index (χ0) is 7.78. The number of hydrogen-bond acceptors (Lipinski definition) is 1. The highest BCUT2D eigenvalue weighted by Gasteiger charge is 2.26. The Balaban J connectivity index is 0.000001000. The molecule has 0 amide bonds. The molecular weight excluding hydrogens is 183 g/mol. The monoisotopic (exact) mass is 194 g/mol. The van der Waals surface area contributed by atoms with Crippen molar-refractivity contribution in [1.82, 2.24) is 0 Å². The largest absolute Gasteiger partial charge is 0.295 e. The second-order valence-corrected chi connectivity index (χ2v) is 4.06. The van der Waals surface area contributed by atoms with Gasteiger partial charge in [-0.05, 0) is 17.9 Å². The van der Waals surface area contributed by atoms with Crippen molar-refractivity contribution in [2.45, 2.75) is 26.7 Å². The quantitative estimate of drug-likeness (QED) is 0.580. The third-order valence-electron chi connectivity index (χ3n) is 1.62. The van der Waals surface area contributed by atoms with Crippen LogP contribution in [-0.4, -0.2) is 5.78 Å². The molecule has 0 bridgehead atoms. The van der Waals surface area contributed by atoms with E-state index in [4.69, 9.17) is 11.6 Å². The van der Waals surface area contributed by atoms with Crippen molar-refractivity contribution in [2.75, 3.05) is 0 Å². The number of hydrogen-bond donors (Lipinski definition) is 0. The normalized spacial score (nSPS) is 22.1. The van der Waals surface area contributed by atoms with Crippen LogP contribution < -0.4 is 0 Å². The van der Waals surface area contributed by atoms with Crippen LogP contribution in [0.25, 0.3) is 0 Å². The van der Waals surface area contributed by atoms with Crippen LogP contribution in [0.1, 0.15) is 26.7 Å². The first-order chi connectivity index (χ1) is 4.49. The van der Waals surface area contributed by atoms with Gasteiger partial charge in [-0.25, -0.2) is 0 Å². The molecule has 0 fully saturated rings. The average Bonchev–Trinajstić information content (AvgIpc) is 1.54. The standard InChI is InChI=1S/C8H11ClO.ClH/c1-8(2)4-6(9)3-7(10)5-8;/h3H,4-5H2,1-2H3;1H. The molecule has 0 heterocycles. The van der Waals surface area contributed by atoms with Gasteiger partial charge in [-0.3, -0.25) is 4.79 Å². The first kappa shape index (κ1) is 11.0. The smallest absolute Gasteiger partial charge is 0.157 e. The van der Waals surface area contributed by atoms with Crippen molar-refractivity contribution in [3.05, 3.63) is 11.1 Å². The molecule has 0 N–H and O–H groups in total. The number of carbonyl (C=O) groups is 1. The highest BCUT2D eigenvalue weighted by molar-refractivity contribution is 6.31. The van der Waals surface area contributed by atoms with Gasteiger partial charge in [0.05, 0.1) is 0 Å². The van der Waals surface area contributed by atoms with Gasteiger partial charge in [-0.15, -0.1) is 12.4 Å². The van der Waals surface area contributed by atoms with Gasteiger partial charge in [-0.2, -0.15) is 0 Å². The molecule has 0 aromatic rings. The van der Waals surface area contributed by atoms with Gasteiger partial charge in [0.15, 0.2) is 5.78 Å².